The third-order valence-electron chi connectivity index (χ3n) is 9.65. The van der Waals surface area contributed by atoms with Gasteiger partial charge in [-0.2, -0.15) is 13.2 Å². The van der Waals surface area contributed by atoms with Crippen LogP contribution in [0.25, 0.3) is 5.57 Å². The molecule has 1 aliphatic heterocycles. The van der Waals surface area contributed by atoms with Gasteiger partial charge in [-0.25, -0.2) is 4.39 Å². The van der Waals surface area contributed by atoms with Gasteiger partial charge in [0.25, 0.3) is 0 Å². The molecular formula is C35H39F4NO3. The summed E-state index contributed by atoms with van der Waals surface area (Å²) in [6.45, 7) is 5.83. The summed E-state index contributed by atoms with van der Waals surface area (Å²) in [5, 5.41) is 0. The molecule has 0 radical (unpaired) electrons. The molecule has 1 heterocycles. The van der Waals surface area contributed by atoms with Crippen LogP contribution in [0.4, 0.5) is 23.2 Å². The van der Waals surface area contributed by atoms with Gasteiger partial charge in [0.2, 0.25) is 0 Å². The molecule has 2 fully saturated rings. The van der Waals surface area contributed by atoms with E-state index in [1.54, 1.807) is 26.3 Å². The Balaban J connectivity index is 1.27. The van der Waals surface area contributed by atoms with Crippen LogP contribution in [0.1, 0.15) is 73.8 Å². The van der Waals surface area contributed by atoms with Gasteiger partial charge >= 0.3 is 6.18 Å². The van der Waals surface area contributed by atoms with Crippen molar-refractivity contribution >= 4 is 23.3 Å². The average Bonchev–Trinajstić information content (AvgIpc) is 3.88. The van der Waals surface area contributed by atoms with Crippen LogP contribution in [0.2, 0.25) is 0 Å². The summed E-state index contributed by atoms with van der Waals surface area (Å²) in [7, 11) is 2.94. The summed E-state index contributed by atoms with van der Waals surface area (Å²) in [6.07, 6.45) is 3.75. The Morgan fingerprint density at radius 3 is 2.44 bits per heavy atom. The van der Waals surface area contributed by atoms with Crippen LogP contribution in [0.3, 0.4) is 0 Å². The van der Waals surface area contributed by atoms with Crippen LogP contribution >= 0.6 is 0 Å². The normalized spacial score (nSPS) is 22.4. The minimum atomic E-state index is -4.36. The third-order valence-corrected chi connectivity index (χ3v) is 9.65. The summed E-state index contributed by atoms with van der Waals surface area (Å²) in [4.78, 5) is 17.7. The van der Waals surface area contributed by atoms with Crippen molar-refractivity contribution in [1.29, 1.82) is 0 Å². The third kappa shape index (κ3) is 6.02. The number of benzene rings is 2. The highest BCUT2D eigenvalue weighted by atomic mass is 19.4. The second kappa shape index (κ2) is 11.6. The van der Waals surface area contributed by atoms with Crippen molar-refractivity contribution in [3.8, 4) is 5.75 Å². The van der Waals surface area contributed by atoms with E-state index in [1.807, 2.05) is 31.2 Å². The van der Waals surface area contributed by atoms with E-state index in [2.05, 4.69) is 11.9 Å². The maximum absolute atomic E-state index is 15.4. The van der Waals surface area contributed by atoms with Gasteiger partial charge in [0.15, 0.2) is 0 Å². The van der Waals surface area contributed by atoms with E-state index in [-0.39, 0.29) is 43.1 Å². The number of hydrogen-bond donors (Lipinski definition) is 0. The number of methoxy groups -OCH3 is 2. The fourth-order valence-electron chi connectivity index (χ4n) is 6.41. The number of carbonyl (C=O) groups is 1. The van der Waals surface area contributed by atoms with Crippen LogP contribution in [-0.4, -0.2) is 32.4 Å². The number of ether oxygens (including phenoxy) is 2. The number of halogens is 4. The molecule has 3 aliphatic rings. The van der Waals surface area contributed by atoms with Crippen LogP contribution in [0.5, 0.6) is 5.75 Å². The zero-order chi connectivity index (χ0) is 31.2. The van der Waals surface area contributed by atoms with E-state index in [1.165, 1.54) is 13.2 Å². The number of alkyl halides is 3. The number of aliphatic imine (C=N–C) groups is 1. The molecule has 8 heteroatoms. The zero-order valence-electron chi connectivity index (χ0n) is 25.5. The molecule has 0 bridgehead atoms. The minimum Gasteiger partial charge on any atom is -0.500 e. The van der Waals surface area contributed by atoms with Gasteiger partial charge in [0.05, 0.1) is 19.9 Å². The number of fused-ring (bicyclic) bond motifs is 1. The van der Waals surface area contributed by atoms with E-state index < -0.39 is 22.8 Å². The number of rotatable bonds is 11. The van der Waals surface area contributed by atoms with Crippen molar-refractivity contribution in [3.05, 3.63) is 75.8 Å². The van der Waals surface area contributed by atoms with E-state index in [9.17, 15) is 18.0 Å². The number of ketones is 1. The van der Waals surface area contributed by atoms with Crippen LogP contribution in [0.15, 0.2) is 47.2 Å². The molecule has 0 aromatic heterocycles. The SMILES string of the molecule is CCc1cc2c(cc1OC)CC=C(c1cc(C)c(CC(=O)CCC3(/C=C(\OC)C4(C(F)(F)F)CC4)CC3C)c(F)c1)C=N2. The minimum absolute atomic E-state index is 0.0261. The van der Waals surface area contributed by atoms with Gasteiger partial charge in [0.1, 0.15) is 28.5 Å². The first-order valence-electron chi connectivity index (χ1n) is 15.0. The smallest absolute Gasteiger partial charge is 0.401 e. The second-order valence-electron chi connectivity index (χ2n) is 12.4. The van der Waals surface area contributed by atoms with Gasteiger partial charge in [-0.3, -0.25) is 9.79 Å². The maximum Gasteiger partial charge on any atom is 0.401 e. The molecule has 2 unspecified atom stereocenters. The fourth-order valence-corrected chi connectivity index (χ4v) is 6.41. The molecule has 0 amide bonds. The lowest BCUT2D eigenvalue weighted by Crippen LogP contribution is -2.28. The van der Waals surface area contributed by atoms with Crippen LogP contribution in [0, 0.1) is 29.5 Å². The number of allylic oxidation sites excluding steroid dienone is 4. The maximum atomic E-state index is 15.4. The molecule has 0 spiro atoms. The lowest BCUT2D eigenvalue weighted by atomic mass is 9.89. The Morgan fingerprint density at radius 2 is 1.88 bits per heavy atom. The van der Waals surface area contributed by atoms with Crippen molar-refractivity contribution in [1.82, 2.24) is 0 Å². The van der Waals surface area contributed by atoms with Gasteiger partial charge in [-0.15, -0.1) is 0 Å². The quantitative estimate of drug-likeness (QED) is 0.192. The highest BCUT2D eigenvalue weighted by molar-refractivity contribution is 6.11. The van der Waals surface area contributed by atoms with Gasteiger partial charge < -0.3 is 9.47 Å². The van der Waals surface area contributed by atoms with Gasteiger partial charge in [-0.1, -0.05) is 26.0 Å². The van der Waals surface area contributed by atoms with E-state index in [0.717, 1.165) is 34.6 Å². The van der Waals surface area contributed by atoms with Crippen molar-refractivity contribution in [2.75, 3.05) is 14.2 Å². The predicted octanol–water partition coefficient (Wildman–Crippen LogP) is 8.84. The van der Waals surface area contributed by atoms with Crippen molar-refractivity contribution in [2.24, 2.45) is 21.7 Å². The van der Waals surface area contributed by atoms with Gasteiger partial charge in [0, 0.05) is 19.1 Å². The zero-order valence-corrected chi connectivity index (χ0v) is 25.5. The molecule has 2 aromatic carbocycles. The van der Waals surface area contributed by atoms with Crippen molar-refractivity contribution < 1.29 is 31.8 Å². The van der Waals surface area contributed by atoms with Crippen LogP contribution < -0.4 is 4.74 Å². The molecule has 5 rings (SSSR count). The number of Topliss-reactive ketones (excluding diaryl/α,β-unsaturated/α-hetero) is 1. The molecule has 2 atom stereocenters. The highest BCUT2D eigenvalue weighted by Crippen LogP contribution is 2.65. The lowest BCUT2D eigenvalue weighted by Gasteiger charge is -2.24. The van der Waals surface area contributed by atoms with Gasteiger partial charge in [-0.05, 0) is 114 Å². The molecule has 4 nitrogen and oxygen atoms in total. The Labute approximate surface area is 250 Å². The van der Waals surface area contributed by atoms with Crippen LogP contribution in [-0.2, 0) is 28.8 Å². The standard InChI is InChI=1S/C35H39F4NO3/c1-6-23-15-30-24(16-31(23)42-4)7-8-25(20-40-30)26-13-21(2)28(29(36)14-26)17-27(41)9-10-33(18-22(33)3)19-32(43-5)34(11-12-34)35(37,38)39/h8,13-16,19-20,22H,6-7,9-12,17-18H2,1-5H3/b32-19-. The number of carbonyl (C=O) groups excluding carboxylic acids is 1. The predicted molar refractivity (Wildman–Crippen MR) is 160 cm³/mol. The molecule has 2 aromatic rings. The second-order valence-corrected chi connectivity index (χ2v) is 12.4. The molecule has 0 N–H and O–H groups in total. The van der Waals surface area contributed by atoms with E-state index in [4.69, 9.17) is 9.47 Å². The summed E-state index contributed by atoms with van der Waals surface area (Å²) in [5.74, 6) is 0.367. The Bertz CT molecular complexity index is 1490. The molecule has 2 saturated carbocycles. The largest absolute Gasteiger partial charge is 0.500 e. The topological polar surface area (TPSA) is 47.9 Å². The summed E-state index contributed by atoms with van der Waals surface area (Å²) < 4.78 is 67.4. The number of nitrogens with zero attached hydrogens (tertiary/aromatic N) is 1. The Hall–Kier alpha value is -3.42. The summed E-state index contributed by atoms with van der Waals surface area (Å²) >= 11 is 0. The molecular weight excluding hydrogens is 558 g/mol. The molecule has 230 valence electrons. The first-order valence-corrected chi connectivity index (χ1v) is 15.0. The Morgan fingerprint density at radius 1 is 1.16 bits per heavy atom. The summed E-state index contributed by atoms with van der Waals surface area (Å²) in [6, 6.07) is 7.36. The number of hydrogen-bond acceptors (Lipinski definition) is 4. The lowest BCUT2D eigenvalue weighted by molar-refractivity contribution is -0.184. The van der Waals surface area contributed by atoms with E-state index >= 15 is 4.39 Å². The fraction of sp³-hybridized carbons (Fsp3) is 0.486. The van der Waals surface area contributed by atoms with Crippen molar-refractivity contribution in [2.45, 2.75) is 78.3 Å². The monoisotopic (exact) mass is 597 g/mol. The number of aryl methyl sites for hydroxylation is 2. The van der Waals surface area contributed by atoms with Crippen molar-refractivity contribution in [3.63, 3.8) is 0 Å². The van der Waals surface area contributed by atoms with E-state index in [0.29, 0.717) is 36.0 Å². The molecule has 0 saturated heterocycles. The first kappa shape index (κ1) is 31.0. The average molecular weight is 598 g/mol. The summed E-state index contributed by atoms with van der Waals surface area (Å²) in [5.41, 5.74) is 3.08. The highest BCUT2D eigenvalue weighted by Gasteiger charge is 2.67. The molecule has 43 heavy (non-hydrogen) atoms. The Kier molecular flexibility index (Phi) is 8.36. The first-order chi connectivity index (χ1) is 20.4. The molecule has 2 aliphatic carbocycles.